The number of β-amino-alcohol motifs (C(OH)–C–C–N with tert-alkyl or cyclic N) is 1. The predicted octanol–water partition coefficient (Wildman–Crippen LogP) is 2.51. The lowest BCUT2D eigenvalue weighted by Crippen LogP contribution is -2.43. The first kappa shape index (κ1) is 17.7. The molecule has 0 radical (unpaired) electrons. The molecule has 0 spiro atoms. The second kappa shape index (κ2) is 8.85. The van der Waals surface area contributed by atoms with Crippen molar-refractivity contribution in [3.8, 4) is 11.5 Å². The molecule has 1 N–H and O–H groups in total. The van der Waals surface area contributed by atoms with E-state index in [9.17, 15) is 5.11 Å². The molecule has 0 unspecified atom stereocenters. The van der Waals surface area contributed by atoms with Gasteiger partial charge in [0.25, 0.3) is 0 Å². The fourth-order valence-electron chi connectivity index (χ4n) is 2.95. The van der Waals surface area contributed by atoms with E-state index in [-0.39, 0.29) is 12.7 Å². The van der Waals surface area contributed by atoms with Crippen LogP contribution < -0.4 is 9.47 Å². The molecule has 2 atom stereocenters. The van der Waals surface area contributed by atoms with Crippen molar-refractivity contribution in [1.82, 2.24) is 4.90 Å². The highest BCUT2D eigenvalue weighted by Crippen LogP contribution is 2.22. The van der Waals surface area contributed by atoms with Crippen molar-refractivity contribution in [3.63, 3.8) is 0 Å². The van der Waals surface area contributed by atoms with E-state index in [0.29, 0.717) is 13.2 Å². The molecule has 2 aromatic carbocycles. The monoisotopic (exact) mass is 343 g/mol. The number of ether oxygens (including phenoxy) is 3. The van der Waals surface area contributed by atoms with Crippen LogP contribution in [0.15, 0.2) is 54.6 Å². The van der Waals surface area contributed by atoms with Gasteiger partial charge in [0, 0.05) is 19.6 Å². The molecule has 25 heavy (non-hydrogen) atoms. The van der Waals surface area contributed by atoms with Crippen LogP contribution >= 0.6 is 0 Å². The molecule has 1 saturated heterocycles. The van der Waals surface area contributed by atoms with Crippen molar-refractivity contribution in [2.45, 2.75) is 12.2 Å². The van der Waals surface area contributed by atoms with Gasteiger partial charge < -0.3 is 19.3 Å². The zero-order chi connectivity index (χ0) is 17.5. The lowest BCUT2D eigenvalue weighted by atomic mass is 10.1. The third kappa shape index (κ3) is 5.19. The number of methoxy groups -OCH3 is 1. The second-order valence-electron chi connectivity index (χ2n) is 6.17. The van der Waals surface area contributed by atoms with Gasteiger partial charge in [0.1, 0.15) is 24.2 Å². The van der Waals surface area contributed by atoms with Crippen molar-refractivity contribution in [2.24, 2.45) is 0 Å². The molecule has 0 saturated carbocycles. The number of hydrogen-bond donors (Lipinski definition) is 1. The molecule has 1 fully saturated rings. The summed E-state index contributed by atoms with van der Waals surface area (Å²) >= 11 is 0. The van der Waals surface area contributed by atoms with Crippen LogP contribution in [-0.2, 0) is 4.74 Å². The predicted molar refractivity (Wildman–Crippen MR) is 96.1 cm³/mol. The molecule has 5 heteroatoms. The van der Waals surface area contributed by atoms with Crippen LogP contribution in [0, 0.1) is 0 Å². The van der Waals surface area contributed by atoms with Crippen LogP contribution in [0.4, 0.5) is 0 Å². The minimum Gasteiger partial charge on any atom is -0.497 e. The van der Waals surface area contributed by atoms with Gasteiger partial charge in [0.2, 0.25) is 0 Å². The van der Waals surface area contributed by atoms with E-state index in [1.54, 1.807) is 7.11 Å². The maximum Gasteiger partial charge on any atom is 0.119 e. The molecular weight excluding hydrogens is 318 g/mol. The molecule has 0 aromatic heterocycles. The average molecular weight is 343 g/mol. The van der Waals surface area contributed by atoms with E-state index < -0.39 is 6.10 Å². The summed E-state index contributed by atoms with van der Waals surface area (Å²) in [7, 11) is 1.63. The largest absolute Gasteiger partial charge is 0.497 e. The Labute approximate surface area is 148 Å². The summed E-state index contributed by atoms with van der Waals surface area (Å²) < 4.78 is 16.6. The second-order valence-corrected chi connectivity index (χ2v) is 6.17. The third-order valence-electron chi connectivity index (χ3n) is 4.29. The molecule has 134 valence electrons. The number of benzene rings is 2. The van der Waals surface area contributed by atoms with Crippen LogP contribution in [0.2, 0.25) is 0 Å². The maximum atomic E-state index is 10.3. The van der Waals surface area contributed by atoms with Crippen LogP contribution in [0.25, 0.3) is 0 Å². The van der Waals surface area contributed by atoms with E-state index >= 15 is 0 Å². The molecule has 1 aliphatic rings. The van der Waals surface area contributed by atoms with Crippen LogP contribution in [0.5, 0.6) is 11.5 Å². The number of rotatable bonds is 7. The highest BCUT2D eigenvalue weighted by Gasteiger charge is 2.23. The first-order valence-corrected chi connectivity index (χ1v) is 8.58. The highest BCUT2D eigenvalue weighted by molar-refractivity contribution is 5.31. The number of aliphatic hydroxyl groups excluding tert-OH is 1. The van der Waals surface area contributed by atoms with E-state index in [2.05, 4.69) is 17.0 Å². The zero-order valence-corrected chi connectivity index (χ0v) is 14.5. The summed E-state index contributed by atoms with van der Waals surface area (Å²) in [5.41, 5.74) is 1.18. The third-order valence-corrected chi connectivity index (χ3v) is 4.29. The van der Waals surface area contributed by atoms with E-state index in [4.69, 9.17) is 14.2 Å². The van der Waals surface area contributed by atoms with Crippen molar-refractivity contribution in [3.05, 3.63) is 60.2 Å². The van der Waals surface area contributed by atoms with Gasteiger partial charge in [0.05, 0.1) is 19.8 Å². The average Bonchev–Trinajstić information content (AvgIpc) is 2.68. The Balaban J connectivity index is 1.46. The summed E-state index contributed by atoms with van der Waals surface area (Å²) in [5.74, 6) is 1.51. The van der Waals surface area contributed by atoms with Gasteiger partial charge in [0.15, 0.2) is 0 Å². The quantitative estimate of drug-likeness (QED) is 0.837. The van der Waals surface area contributed by atoms with Crippen molar-refractivity contribution >= 4 is 0 Å². The van der Waals surface area contributed by atoms with E-state index in [1.165, 1.54) is 5.56 Å². The first-order valence-electron chi connectivity index (χ1n) is 8.58. The fraction of sp³-hybridized carbons (Fsp3) is 0.400. The van der Waals surface area contributed by atoms with Gasteiger partial charge in [-0.2, -0.15) is 0 Å². The Morgan fingerprint density at radius 2 is 1.84 bits per heavy atom. The maximum absolute atomic E-state index is 10.3. The highest BCUT2D eigenvalue weighted by atomic mass is 16.5. The Morgan fingerprint density at radius 1 is 1.12 bits per heavy atom. The van der Waals surface area contributed by atoms with Gasteiger partial charge in [-0.3, -0.25) is 4.90 Å². The lowest BCUT2D eigenvalue weighted by molar-refractivity contribution is -0.0459. The smallest absolute Gasteiger partial charge is 0.119 e. The normalized spacial score (nSPS) is 19.4. The Morgan fingerprint density at radius 3 is 2.56 bits per heavy atom. The molecule has 0 bridgehead atoms. The van der Waals surface area contributed by atoms with Gasteiger partial charge in [-0.15, -0.1) is 0 Å². The van der Waals surface area contributed by atoms with Crippen LogP contribution in [0.3, 0.4) is 0 Å². The van der Waals surface area contributed by atoms with E-state index in [1.807, 2.05) is 42.5 Å². The molecule has 3 rings (SSSR count). The van der Waals surface area contributed by atoms with Crippen LogP contribution in [-0.4, -0.2) is 56.1 Å². The van der Waals surface area contributed by atoms with Crippen molar-refractivity contribution in [2.75, 3.05) is 40.0 Å². The zero-order valence-electron chi connectivity index (χ0n) is 14.5. The summed E-state index contributed by atoms with van der Waals surface area (Å²) in [5, 5.41) is 10.3. The van der Waals surface area contributed by atoms with Crippen molar-refractivity contribution in [1.29, 1.82) is 0 Å². The molecule has 1 aliphatic heterocycles. The molecule has 1 heterocycles. The Kier molecular flexibility index (Phi) is 6.28. The van der Waals surface area contributed by atoms with Gasteiger partial charge in [-0.1, -0.05) is 30.3 Å². The number of morpholine rings is 1. The first-order chi connectivity index (χ1) is 12.2. The van der Waals surface area contributed by atoms with Gasteiger partial charge >= 0.3 is 0 Å². The number of hydrogen-bond acceptors (Lipinski definition) is 5. The Bertz CT molecular complexity index is 632. The molecule has 0 aliphatic carbocycles. The lowest BCUT2D eigenvalue weighted by Gasteiger charge is -2.34. The molecular formula is C20H25NO4. The number of nitrogens with zero attached hydrogens (tertiary/aromatic N) is 1. The van der Waals surface area contributed by atoms with E-state index in [0.717, 1.165) is 24.6 Å². The summed E-state index contributed by atoms with van der Waals surface area (Å²) in [6.07, 6.45) is -0.485. The van der Waals surface area contributed by atoms with Gasteiger partial charge in [-0.25, -0.2) is 0 Å². The minimum atomic E-state index is -0.545. The fourth-order valence-corrected chi connectivity index (χ4v) is 2.95. The summed E-state index contributed by atoms with van der Waals surface area (Å²) in [6, 6.07) is 17.6. The molecule has 2 aromatic rings. The molecule has 0 amide bonds. The molecule has 5 nitrogen and oxygen atoms in total. The number of aliphatic hydroxyl groups is 1. The standard InChI is InChI=1S/C20H25NO4/c1-23-18-7-9-19(10-8-18)25-15-17(22)13-21-11-12-24-20(14-21)16-5-3-2-4-6-16/h2-10,17,20,22H,11-15H2,1H3/t17-,20+/m1/s1. The Hall–Kier alpha value is -2.08. The summed E-state index contributed by atoms with van der Waals surface area (Å²) in [6.45, 7) is 3.11. The SMILES string of the molecule is COc1ccc(OC[C@H](O)CN2CCO[C@H](c3ccccc3)C2)cc1. The van der Waals surface area contributed by atoms with Crippen LogP contribution in [0.1, 0.15) is 11.7 Å². The van der Waals surface area contributed by atoms with Gasteiger partial charge in [-0.05, 0) is 29.8 Å². The minimum absolute atomic E-state index is 0.0599. The topological polar surface area (TPSA) is 51.2 Å². The summed E-state index contributed by atoms with van der Waals surface area (Å²) in [4.78, 5) is 2.23. The van der Waals surface area contributed by atoms with Crippen molar-refractivity contribution < 1.29 is 19.3 Å².